The molecule has 38 heavy (non-hydrogen) atoms. The molecule has 1 aliphatic rings. The van der Waals surface area contributed by atoms with Crippen LogP contribution >= 0.6 is 0 Å². The third kappa shape index (κ3) is 8.06. The number of aliphatic carboxylic acids is 2. The summed E-state index contributed by atoms with van der Waals surface area (Å²) in [7, 11) is 0. The van der Waals surface area contributed by atoms with E-state index in [0.29, 0.717) is 48.9 Å². The molecule has 0 fully saturated rings. The maximum absolute atomic E-state index is 12.2. The third-order valence-electron chi connectivity index (χ3n) is 6.19. The highest BCUT2D eigenvalue weighted by Gasteiger charge is 2.23. The minimum absolute atomic E-state index is 0.0982. The summed E-state index contributed by atoms with van der Waals surface area (Å²) in [4.78, 5) is 46.4. The molecular weight excluding hydrogens is 492 g/mol. The van der Waals surface area contributed by atoms with Crippen molar-refractivity contribution in [1.82, 2.24) is 0 Å². The standard InChI is InChI=1S/C29H34O9/c1-2-6-22-26(11-8-21-24(31)13-16-38-29(21)22)37-15-5-3-4-14-36-25-10-7-19(17-20(25)18-28(34)35)23(30)9-12-27(32)33/h7-8,10-11,17H,2-6,9,12-16,18H2,1H3,(H,32,33)(H,34,35). The van der Waals surface area contributed by atoms with Crippen LogP contribution in [0.2, 0.25) is 0 Å². The number of hydrogen-bond acceptors (Lipinski definition) is 7. The molecule has 0 saturated heterocycles. The number of rotatable bonds is 16. The Kier molecular flexibility index (Phi) is 10.7. The number of carbonyl (C=O) groups excluding carboxylic acids is 2. The van der Waals surface area contributed by atoms with Crippen LogP contribution < -0.4 is 14.2 Å². The minimum Gasteiger partial charge on any atom is -0.493 e. The van der Waals surface area contributed by atoms with Gasteiger partial charge in [-0.2, -0.15) is 0 Å². The summed E-state index contributed by atoms with van der Waals surface area (Å²) in [5.41, 5.74) is 2.21. The Hall–Kier alpha value is -3.88. The van der Waals surface area contributed by atoms with E-state index in [-0.39, 0.29) is 36.4 Å². The normalized spacial score (nSPS) is 12.4. The molecule has 0 atom stereocenters. The number of carbonyl (C=O) groups is 4. The Balaban J connectivity index is 1.49. The van der Waals surface area contributed by atoms with Crippen LogP contribution in [0.15, 0.2) is 30.3 Å². The van der Waals surface area contributed by atoms with Gasteiger partial charge in [0.1, 0.15) is 17.2 Å². The molecule has 2 N–H and O–H groups in total. The van der Waals surface area contributed by atoms with Gasteiger partial charge in [-0.15, -0.1) is 0 Å². The molecule has 2 aromatic rings. The first-order valence-electron chi connectivity index (χ1n) is 13.0. The van der Waals surface area contributed by atoms with Crippen LogP contribution in [0.1, 0.15) is 83.7 Å². The number of carboxylic acid groups (broad SMARTS) is 2. The van der Waals surface area contributed by atoms with Crippen LogP contribution in [0.4, 0.5) is 0 Å². The van der Waals surface area contributed by atoms with Gasteiger partial charge in [-0.25, -0.2) is 0 Å². The molecule has 0 bridgehead atoms. The van der Waals surface area contributed by atoms with Crippen LogP contribution in [0, 0.1) is 0 Å². The molecule has 0 amide bonds. The second-order valence-corrected chi connectivity index (χ2v) is 9.16. The fourth-order valence-electron chi connectivity index (χ4n) is 4.30. The van der Waals surface area contributed by atoms with E-state index in [9.17, 15) is 24.3 Å². The van der Waals surface area contributed by atoms with Crippen LogP contribution in [0.25, 0.3) is 0 Å². The topological polar surface area (TPSA) is 136 Å². The van der Waals surface area contributed by atoms with Crippen molar-refractivity contribution >= 4 is 23.5 Å². The van der Waals surface area contributed by atoms with Gasteiger partial charge in [-0.3, -0.25) is 19.2 Å². The van der Waals surface area contributed by atoms with Crippen LogP contribution in [-0.4, -0.2) is 53.5 Å². The van der Waals surface area contributed by atoms with Gasteiger partial charge in [0.05, 0.1) is 38.2 Å². The Bertz CT molecular complexity index is 1170. The number of ketones is 2. The van der Waals surface area contributed by atoms with Crippen molar-refractivity contribution in [2.24, 2.45) is 0 Å². The fourth-order valence-corrected chi connectivity index (χ4v) is 4.30. The molecule has 0 aliphatic carbocycles. The highest BCUT2D eigenvalue weighted by atomic mass is 16.5. The van der Waals surface area contributed by atoms with Gasteiger partial charge < -0.3 is 24.4 Å². The molecule has 1 aliphatic heterocycles. The molecule has 3 rings (SSSR count). The first kappa shape index (κ1) is 28.7. The lowest BCUT2D eigenvalue weighted by atomic mass is 9.98. The summed E-state index contributed by atoms with van der Waals surface area (Å²) in [6.07, 6.45) is 3.65. The van der Waals surface area contributed by atoms with Crippen molar-refractivity contribution in [3.8, 4) is 17.2 Å². The Labute approximate surface area is 221 Å². The summed E-state index contributed by atoms with van der Waals surface area (Å²) in [5.74, 6) is -0.587. The molecule has 9 heteroatoms. The van der Waals surface area contributed by atoms with Gasteiger partial charge in [0.2, 0.25) is 0 Å². The van der Waals surface area contributed by atoms with Crippen molar-refractivity contribution in [3.05, 3.63) is 52.6 Å². The summed E-state index contributed by atoms with van der Waals surface area (Å²) in [6.45, 7) is 3.33. The third-order valence-corrected chi connectivity index (χ3v) is 6.19. The van der Waals surface area contributed by atoms with Crippen molar-refractivity contribution in [1.29, 1.82) is 0 Å². The quantitative estimate of drug-likeness (QED) is 0.231. The average Bonchev–Trinajstić information content (AvgIpc) is 2.88. The SMILES string of the molecule is CCCc1c(OCCCCCOc2ccc(C(=O)CCC(=O)O)cc2CC(=O)O)ccc2c1OCCC2=O. The highest BCUT2D eigenvalue weighted by molar-refractivity contribution is 6.00. The summed E-state index contributed by atoms with van der Waals surface area (Å²) in [5, 5.41) is 18.0. The maximum atomic E-state index is 12.2. The molecule has 0 spiro atoms. The lowest BCUT2D eigenvalue weighted by Gasteiger charge is -2.22. The van der Waals surface area contributed by atoms with E-state index in [4.69, 9.17) is 19.3 Å². The first-order valence-corrected chi connectivity index (χ1v) is 13.0. The van der Waals surface area contributed by atoms with E-state index >= 15 is 0 Å². The summed E-state index contributed by atoms with van der Waals surface area (Å²) in [6, 6.07) is 8.18. The molecule has 0 saturated carbocycles. The maximum Gasteiger partial charge on any atom is 0.307 e. The van der Waals surface area contributed by atoms with Crippen LogP contribution in [0.5, 0.6) is 17.2 Å². The molecule has 0 aromatic heterocycles. The number of ether oxygens (including phenoxy) is 3. The Morgan fingerprint density at radius 3 is 2.32 bits per heavy atom. The van der Waals surface area contributed by atoms with Crippen molar-refractivity contribution in [2.75, 3.05) is 19.8 Å². The van der Waals surface area contributed by atoms with Gasteiger partial charge in [-0.1, -0.05) is 13.3 Å². The van der Waals surface area contributed by atoms with E-state index in [2.05, 4.69) is 6.92 Å². The molecule has 204 valence electrons. The van der Waals surface area contributed by atoms with Gasteiger partial charge in [0.25, 0.3) is 0 Å². The second kappa shape index (κ2) is 14.2. The molecule has 1 heterocycles. The molecular formula is C29H34O9. The number of fused-ring (bicyclic) bond motifs is 1. The summed E-state index contributed by atoms with van der Waals surface area (Å²) >= 11 is 0. The number of carboxylic acids is 2. The number of unbranched alkanes of at least 4 members (excludes halogenated alkanes) is 2. The Morgan fingerprint density at radius 2 is 1.63 bits per heavy atom. The predicted octanol–water partition coefficient (Wildman–Crippen LogP) is 4.91. The van der Waals surface area contributed by atoms with Crippen molar-refractivity contribution in [3.63, 3.8) is 0 Å². The summed E-state index contributed by atoms with van der Waals surface area (Å²) < 4.78 is 17.6. The monoisotopic (exact) mass is 526 g/mol. The first-order chi connectivity index (χ1) is 18.3. The van der Waals surface area contributed by atoms with Gasteiger partial charge in [-0.05, 0) is 56.0 Å². The zero-order valence-electron chi connectivity index (χ0n) is 21.6. The van der Waals surface area contributed by atoms with Gasteiger partial charge in [0, 0.05) is 29.5 Å². The van der Waals surface area contributed by atoms with E-state index in [0.717, 1.165) is 43.4 Å². The van der Waals surface area contributed by atoms with Gasteiger partial charge in [0.15, 0.2) is 11.6 Å². The largest absolute Gasteiger partial charge is 0.493 e. The van der Waals surface area contributed by atoms with E-state index in [1.165, 1.54) is 12.1 Å². The fraction of sp³-hybridized carbons (Fsp3) is 0.448. The number of hydrogen-bond donors (Lipinski definition) is 2. The van der Waals surface area contributed by atoms with E-state index in [1.807, 2.05) is 6.07 Å². The highest BCUT2D eigenvalue weighted by Crippen LogP contribution is 2.36. The van der Waals surface area contributed by atoms with Gasteiger partial charge >= 0.3 is 11.9 Å². The Morgan fingerprint density at radius 1 is 0.921 bits per heavy atom. The number of Topliss-reactive ketones (excluding diaryl/α,β-unsaturated/α-hetero) is 2. The average molecular weight is 527 g/mol. The van der Waals surface area contributed by atoms with Crippen LogP contribution in [-0.2, 0) is 22.4 Å². The molecule has 9 nitrogen and oxygen atoms in total. The van der Waals surface area contributed by atoms with Crippen molar-refractivity contribution < 1.29 is 43.6 Å². The lowest BCUT2D eigenvalue weighted by molar-refractivity contribution is -0.137. The van der Waals surface area contributed by atoms with Crippen LogP contribution in [0.3, 0.4) is 0 Å². The minimum atomic E-state index is -1.07. The van der Waals surface area contributed by atoms with E-state index < -0.39 is 11.9 Å². The molecule has 0 unspecified atom stereocenters. The molecule has 0 radical (unpaired) electrons. The molecule has 2 aromatic carbocycles. The zero-order valence-corrected chi connectivity index (χ0v) is 21.6. The number of benzene rings is 2. The van der Waals surface area contributed by atoms with E-state index in [1.54, 1.807) is 12.1 Å². The smallest absolute Gasteiger partial charge is 0.307 e. The predicted molar refractivity (Wildman–Crippen MR) is 139 cm³/mol. The zero-order chi connectivity index (χ0) is 27.5. The second-order valence-electron chi connectivity index (χ2n) is 9.16. The van der Waals surface area contributed by atoms with Crippen molar-refractivity contribution in [2.45, 2.75) is 64.7 Å². The lowest BCUT2D eigenvalue weighted by Crippen LogP contribution is -2.17.